The second kappa shape index (κ2) is 6.07. The van der Waals surface area contributed by atoms with Crippen LogP contribution in [0.2, 0.25) is 0 Å². The predicted octanol–water partition coefficient (Wildman–Crippen LogP) is 0.500. The van der Waals surface area contributed by atoms with Crippen LogP contribution in [0.3, 0.4) is 0 Å². The first kappa shape index (κ1) is 13.2. The third kappa shape index (κ3) is 3.60. The number of aliphatic hydroxyl groups excluding tert-OH is 1. The maximum Gasteiger partial charge on any atom is 0.237 e. The van der Waals surface area contributed by atoms with Crippen molar-refractivity contribution in [3.05, 3.63) is 0 Å². The van der Waals surface area contributed by atoms with E-state index >= 15 is 0 Å². The summed E-state index contributed by atoms with van der Waals surface area (Å²) in [5, 5.41) is 16.3. The molecule has 1 heterocycles. The van der Waals surface area contributed by atoms with Gasteiger partial charge in [-0.2, -0.15) is 11.8 Å². The highest BCUT2D eigenvalue weighted by Crippen LogP contribution is 2.26. The molecule has 4 nitrogen and oxygen atoms in total. The van der Waals surface area contributed by atoms with Gasteiger partial charge in [0.05, 0.1) is 12.1 Å². The largest absolute Gasteiger partial charge is 0.392 e. The molecule has 1 aliphatic heterocycles. The lowest BCUT2D eigenvalue weighted by atomic mass is 9.94. The lowest BCUT2D eigenvalue weighted by molar-refractivity contribution is -0.123. The van der Waals surface area contributed by atoms with Gasteiger partial charge in [-0.15, -0.1) is 0 Å². The van der Waals surface area contributed by atoms with E-state index in [-0.39, 0.29) is 18.1 Å². The number of aliphatic hydroxyl groups is 1. The van der Waals surface area contributed by atoms with E-state index in [4.69, 9.17) is 0 Å². The molecule has 0 aromatic rings. The quantitative estimate of drug-likeness (QED) is 0.690. The molecule has 3 N–H and O–H groups in total. The Morgan fingerprint density at radius 2 is 2.06 bits per heavy atom. The van der Waals surface area contributed by atoms with E-state index in [1.54, 1.807) is 0 Å². The van der Waals surface area contributed by atoms with Crippen molar-refractivity contribution in [2.24, 2.45) is 0 Å². The molecule has 0 radical (unpaired) electrons. The van der Waals surface area contributed by atoms with Crippen LogP contribution in [-0.4, -0.2) is 47.3 Å². The lowest BCUT2D eigenvalue weighted by Crippen LogP contribution is -2.46. The Labute approximate surface area is 107 Å². The van der Waals surface area contributed by atoms with Crippen molar-refractivity contribution in [2.45, 2.75) is 55.5 Å². The van der Waals surface area contributed by atoms with Crippen molar-refractivity contribution in [3.8, 4) is 0 Å². The van der Waals surface area contributed by atoms with Crippen LogP contribution in [0, 0.1) is 0 Å². The van der Waals surface area contributed by atoms with Gasteiger partial charge in [-0.1, -0.05) is 0 Å². The van der Waals surface area contributed by atoms with Gasteiger partial charge in [-0.25, -0.2) is 0 Å². The van der Waals surface area contributed by atoms with Crippen LogP contribution in [0.1, 0.15) is 32.1 Å². The molecule has 2 atom stereocenters. The molecule has 2 aliphatic rings. The number of thioether (sulfide) groups is 1. The van der Waals surface area contributed by atoms with Gasteiger partial charge in [-0.05, 0) is 38.4 Å². The van der Waals surface area contributed by atoms with Gasteiger partial charge in [0.1, 0.15) is 0 Å². The van der Waals surface area contributed by atoms with E-state index in [1.807, 2.05) is 11.8 Å². The number of nitrogens with one attached hydrogen (secondary N) is 2. The van der Waals surface area contributed by atoms with Gasteiger partial charge >= 0.3 is 0 Å². The minimum atomic E-state index is -0.363. The Kier molecular flexibility index (Phi) is 4.70. The number of carbonyl (C=O) groups is 1. The van der Waals surface area contributed by atoms with Crippen LogP contribution in [0.25, 0.3) is 0 Å². The summed E-state index contributed by atoms with van der Waals surface area (Å²) in [5.74, 6) is 0.0640. The minimum absolute atomic E-state index is 0.0640. The molecule has 2 fully saturated rings. The Hall–Kier alpha value is -0.260. The van der Waals surface area contributed by atoms with Crippen molar-refractivity contribution in [2.75, 3.05) is 12.8 Å². The summed E-state index contributed by atoms with van der Waals surface area (Å²) >= 11 is 1.93. The minimum Gasteiger partial charge on any atom is -0.392 e. The molecule has 1 saturated heterocycles. The second-order valence-electron chi connectivity index (χ2n) is 5.07. The van der Waals surface area contributed by atoms with Gasteiger partial charge in [0, 0.05) is 17.8 Å². The molecule has 0 spiro atoms. The highest BCUT2D eigenvalue weighted by molar-refractivity contribution is 7.99. The SMILES string of the molecule is CSC1CCC(NC(=O)C2CC(O)CN2)CC1. The highest BCUT2D eigenvalue weighted by Gasteiger charge is 2.30. The Morgan fingerprint density at radius 1 is 1.35 bits per heavy atom. The second-order valence-corrected chi connectivity index (χ2v) is 6.21. The molecule has 98 valence electrons. The summed E-state index contributed by atoms with van der Waals surface area (Å²) < 4.78 is 0. The van der Waals surface area contributed by atoms with E-state index in [9.17, 15) is 9.90 Å². The summed E-state index contributed by atoms with van der Waals surface area (Å²) in [6, 6.07) is 0.147. The first-order valence-corrected chi connectivity index (χ1v) is 7.72. The van der Waals surface area contributed by atoms with Gasteiger partial charge < -0.3 is 15.7 Å². The molecule has 1 saturated carbocycles. The Morgan fingerprint density at radius 3 is 2.59 bits per heavy atom. The van der Waals surface area contributed by atoms with Crippen LogP contribution in [-0.2, 0) is 4.79 Å². The molecule has 1 aliphatic carbocycles. The van der Waals surface area contributed by atoms with Crippen molar-refractivity contribution >= 4 is 17.7 Å². The van der Waals surface area contributed by atoms with Gasteiger partial charge in [-0.3, -0.25) is 4.79 Å². The topological polar surface area (TPSA) is 61.4 Å². The lowest BCUT2D eigenvalue weighted by Gasteiger charge is -2.28. The Balaban J connectivity index is 1.72. The van der Waals surface area contributed by atoms with E-state index in [0.717, 1.165) is 18.1 Å². The normalized spacial score (nSPS) is 38.0. The molecule has 5 heteroatoms. The molecule has 2 unspecified atom stereocenters. The number of β-amino-alcohol motifs (C(OH)–C–C–N with tert-alkyl or cyclic N) is 1. The standard InChI is InChI=1S/C12H22N2O2S/c1-17-10-4-2-8(3-5-10)14-12(16)11-6-9(15)7-13-11/h8-11,13,15H,2-7H2,1H3,(H,14,16). The fourth-order valence-electron chi connectivity index (χ4n) is 2.66. The molecule has 17 heavy (non-hydrogen) atoms. The van der Waals surface area contributed by atoms with Crippen LogP contribution in [0.4, 0.5) is 0 Å². The Bertz CT molecular complexity index is 267. The average molecular weight is 258 g/mol. The van der Waals surface area contributed by atoms with Crippen LogP contribution < -0.4 is 10.6 Å². The van der Waals surface area contributed by atoms with E-state index in [1.165, 1.54) is 12.8 Å². The highest BCUT2D eigenvalue weighted by atomic mass is 32.2. The zero-order chi connectivity index (χ0) is 12.3. The monoisotopic (exact) mass is 258 g/mol. The van der Waals surface area contributed by atoms with E-state index < -0.39 is 0 Å². The molecular weight excluding hydrogens is 236 g/mol. The predicted molar refractivity (Wildman–Crippen MR) is 70.1 cm³/mol. The number of amides is 1. The van der Waals surface area contributed by atoms with Crippen LogP contribution in [0.15, 0.2) is 0 Å². The summed E-state index contributed by atoms with van der Waals surface area (Å²) in [6.45, 7) is 0.539. The molecule has 0 aromatic heterocycles. The summed E-state index contributed by atoms with van der Waals surface area (Å²) in [6.07, 6.45) is 6.93. The summed E-state index contributed by atoms with van der Waals surface area (Å²) in [7, 11) is 0. The van der Waals surface area contributed by atoms with Crippen molar-refractivity contribution in [1.82, 2.24) is 10.6 Å². The molecule has 1 amide bonds. The fraction of sp³-hybridized carbons (Fsp3) is 0.917. The summed E-state index contributed by atoms with van der Waals surface area (Å²) in [5.41, 5.74) is 0. The summed E-state index contributed by atoms with van der Waals surface area (Å²) in [4.78, 5) is 11.9. The van der Waals surface area contributed by atoms with E-state index in [2.05, 4.69) is 16.9 Å². The maximum atomic E-state index is 11.9. The zero-order valence-corrected chi connectivity index (χ0v) is 11.1. The molecule has 0 aromatic carbocycles. The smallest absolute Gasteiger partial charge is 0.237 e. The zero-order valence-electron chi connectivity index (χ0n) is 10.3. The van der Waals surface area contributed by atoms with Crippen LogP contribution >= 0.6 is 11.8 Å². The number of carbonyl (C=O) groups excluding carboxylic acids is 1. The first-order valence-electron chi connectivity index (χ1n) is 6.43. The van der Waals surface area contributed by atoms with Crippen molar-refractivity contribution in [1.29, 1.82) is 0 Å². The van der Waals surface area contributed by atoms with Gasteiger partial charge in [0.15, 0.2) is 0 Å². The number of hydrogen-bond donors (Lipinski definition) is 3. The van der Waals surface area contributed by atoms with Crippen molar-refractivity contribution in [3.63, 3.8) is 0 Å². The number of rotatable bonds is 3. The molecular formula is C12H22N2O2S. The van der Waals surface area contributed by atoms with Gasteiger partial charge in [0.2, 0.25) is 5.91 Å². The third-order valence-corrected chi connectivity index (χ3v) is 4.92. The first-order chi connectivity index (χ1) is 8.19. The fourth-order valence-corrected chi connectivity index (χ4v) is 3.40. The molecule has 2 rings (SSSR count). The van der Waals surface area contributed by atoms with E-state index in [0.29, 0.717) is 19.0 Å². The maximum absolute atomic E-state index is 11.9. The molecule has 0 bridgehead atoms. The average Bonchev–Trinajstić information content (AvgIpc) is 2.77. The van der Waals surface area contributed by atoms with Gasteiger partial charge in [0.25, 0.3) is 0 Å². The van der Waals surface area contributed by atoms with Crippen LogP contribution in [0.5, 0.6) is 0 Å². The number of hydrogen-bond acceptors (Lipinski definition) is 4. The van der Waals surface area contributed by atoms with Crippen molar-refractivity contribution < 1.29 is 9.90 Å². The third-order valence-electron chi connectivity index (χ3n) is 3.78.